The van der Waals surface area contributed by atoms with Crippen molar-refractivity contribution in [2.24, 2.45) is 0 Å². The maximum Gasteiger partial charge on any atom is 0.118 e. The molecule has 66 valence electrons. The Morgan fingerprint density at radius 1 is 0.818 bits per heavy atom. The zero-order chi connectivity index (χ0) is 8.53. The summed E-state index contributed by atoms with van der Waals surface area (Å²) in [6.45, 7) is 0. The van der Waals surface area contributed by atoms with E-state index < -0.39 is 0 Å². The lowest BCUT2D eigenvalue weighted by atomic mass is 10.0. The lowest BCUT2D eigenvalue weighted by Crippen LogP contribution is -1.85. The molecule has 0 radical (unpaired) electrons. The van der Waals surface area contributed by atoms with E-state index in [0.29, 0.717) is 0 Å². The fourth-order valence-electron chi connectivity index (χ4n) is 1.06. The minimum absolute atomic E-state index is 0.0895. The van der Waals surface area contributed by atoms with Gasteiger partial charge in [-0.1, -0.05) is 73.3 Å². The van der Waals surface area contributed by atoms with Gasteiger partial charge >= 0.3 is 0 Å². The highest BCUT2D eigenvalue weighted by Gasteiger charge is 1.95. The summed E-state index contributed by atoms with van der Waals surface area (Å²) in [5.41, 5.74) is 1.09. The van der Waals surface area contributed by atoms with Gasteiger partial charge in [-0.3, -0.25) is 0 Å². The largest absolute Gasteiger partial charge is 0.118 e. The molecule has 1 saturated carbocycles. The van der Waals surface area contributed by atoms with E-state index in [2.05, 4.69) is 0 Å². The van der Waals surface area contributed by atoms with Crippen LogP contribution in [0.15, 0.2) is 10.0 Å². The Kier molecular flexibility index (Phi) is 9.19. The first kappa shape index (κ1) is 11.6. The fourth-order valence-corrected chi connectivity index (χ4v) is 1.06. The van der Waals surface area contributed by atoms with E-state index in [1.54, 1.807) is 0 Å². The Labute approximate surface area is 83.5 Å². The van der Waals surface area contributed by atoms with Crippen LogP contribution in [0.2, 0.25) is 0 Å². The van der Waals surface area contributed by atoms with Gasteiger partial charge in [0, 0.05) is 5.54 Å². The molecule has 0 heterocycles. The Bertz CT molecular complexity index is 90.4. The van der Waals surface area contributed by atoms with Crippen LogP contribution < -0.4 is 0 Å². The third-order valence-electron chi connectivity index (χ3n) is 1.58. The zero-order valence-corrected chi connectivity index (χ0v) is 8.72. The highest BCUT2D eigenvalue weighted by atomic mass is 35.5. The first-order valence-electron chi connectivity index (χ1n) is 3.88. The Morgan fingerprint density at radius 2 is 1.00 bits per heavy atom. The van der Waals surface area contributed by atoms with E-state index in [-0.39, 0.29) is 4.49 Å². The molecule has 1 rings (SSSR count). The van der Waals surface area contributed by atoms with Crippen molar-refractivity contribution in [2.75, 3.05) is 0 Å². The van der Waals surface area contributed by atoms with Gasteiger partial charge < -0.3 is 0 Å². The second-order valence-electron chi connectivity index (χ2n) is 2.52. The third kappa shape index (κ3) is 10.6. The molecule has 0 unspecified atom stereocenters. The molecule has 0 N–H and O–H groups in total. The van der Waals surface area contributed by atoms with Gasteiger partial charge in [-0.15, -0.1) is 0 Å². The fraction of sp³-hybridized carbons (Fsp3) is 0.750. The molecule has 0 atom stereocenters. The van der Waals surface area contributed by atoms with Crippen molar-refractivity contribution >= 4 is 34.8 Å². The van der Waals surface area contributed by atoms with Gasteiger partial charge in [0.15, 0.2) is 0 Å². The standard InChI is InChI=1S/C6H12.C2HCl3/c1-2-4-6-5-3-1;3-1-2(4)5/h1-6H2;1H. The molecule has 0 spiro atoms. The average molecular weight is 216 g/mol. The minimum atomic E-state index is 0.0895. The third-order valence-corrected chi connectivity index (χ3v) is 2.24. The van der Waals surface area contributed by atoms with Crippen LogP contribution in [0, 0.1) is 0 Å². The van der Waals surface area contributed by atoms with Crippen LogP contribution in [0.1, 0.15) is 38.5 Å². The smallest absolute Gasteiger partial charge is 0.0904 e. The Balaban J connectivity index is 0.000000187. The molecule has 1 aliphatic carbocycles. The highest BCUT2D eigenvalue weighted by Crippen LogP contribution is 2.15. The van der Waals surface area contributed by atoms with Crippen LogP contribution in [-0.4, -0.2) is 0 Å². The molecule has 0 aromatic heterocycles. The van der Waals surface area contributed by atoms with E-state index in [9.17, 15) is 0 Å². The number of halogens is 3. The van der Waals surface area contributed by atoms with Crippen molar-refractivity contribution in [2.45, 2.75) is 38.5 Å². The Hall–Kier alpha value is 0.610. The molecular formula is C8H13Cl3. The molecule has 11 heavy (non-hydrogen) atoms. The monoisotopic (exact) mass is 214 g/mol. The highest BCUT2D eigenvalue weighted by molar-refractivity contribution is 6.58. The molecule has 0 amide bonds. The second-order valence-corrected chi connectivity index (χ2v) is 3.75. The normalized spacial score (nSPS) is 16.3. The van der Waals surface area contributed by atoms with E-state index >= 15 is 0 Å². The van der Waals surface area contributed by atoms with Gasteiger partial charge in [-0.05, 0) is 0 Å². The van der Waals surface area contributed by atoms with Crippen molar-refractivity contribution in [3.8, 4) is 0 Å². The van der Waals surface area contributed by atoms with Crippen LogP contribution in [0.5, 0.6) is 0 Å². The Morgan fingerprint density at radius 3 is 1.09 bits per heavy atom. The molecule has 0 aromatic rings. The van der Waals surface area contributed by atoms with Crippen LogP contribution >= 0.6 is 34.8 Å². The van der Waals surface area contributed by atoms with Crippen molar-refractivity contribution in [1.82, 2.24) is 0 Å². The van der Waals surface area contributed by atoms with Crippen molar-refractivity contribution < 1.29 is 0 Å². The van der Waals surface area contributed by atoms with E-state index in [0.717, 1.165) is 5.54 Å². The number of rotatable bonds is 0. The summed E-state index contributed by atoms with van der Waals surface area (Å²) >= 11 is 14.8. The first-order chi connectivity index (χ1) is 5.27. The molecule has 0 bridgehead atoms. The van der Waals surface area contributed by atoms with Crippen LogP contribution in [0.25, 0.3) is 0 Å². The molecule has 1 fully saturated rings. The maximum absolute atomic E-state index is 4.96. The minimum Gasteiger partial charge on any atom is -0.0904 e. The lowest BCUT2D eigenvalue weighted by Gasteiger charge is -2.05. The molecule has 0 aromatic carbocycles. The summed E-state index contributed by atoms with van der Waals surface area (Å²) in [6, 6.07) is 0. The summed E-state index contributed by atoms with van der Waals surface area (Å²) in [4.78, 5) is 0. The van der Waals surface area contributed by atoms with Gasteiger partial charge in [0.2, 0.25) is 0 Å². The van der Waals surface area contributed by atoms with Crippen LogP contribution in [0.3, 0.4) is 0 Å². The van der Waals surface area contributed by atoms with Gasteiger partial charge in [-0.2, -0.15) is 0 Å². The van der Waals surface area contributed by atoms with E-state index in [4.69, 9.17) is 34.8 Å². The molecule has 3 heteroatoms. The summed E-state index contributed by atoms with van der Waals surface area (Å²) in [6.07, 6.45) is 9.00. The molecule has 0 saturated heterocycles. The zero-order valence-electron chi connectivity index (χ0n) is 6.45. The van der Waals surface area contributed by atoms with Gasteiger partial charge in [0.1, 0.15) is 4.49 Å². The summed E-state index contributed by atoms with van der Waals surface area (Å²) in [5.74, 6) is 0. The second kappa shape index (κ2) is 8.70. The SMILES string of the molecule is C1CCCCC1.ClC=C(Cl)Cl. The lowest BCUT2D eigenvalue weighted by molar-refractivity contribution is 0.504. The molecule has 0 aliphatic heterocycles. The molecule has 1 aliphatic rings. The summed E-state index contributed by atoms with van der Waals surface area (Å²) in [7, 11) is 0. The average Bonchev–Trinajstić information content (AvgIpc) is 2.09. The van der Waals surface area contributed by atoms with Crippen molar-refractivity contribution in [3.63, 3.8) is 0 Å². The number of hydrogen-bond acceptors (Lipinski definition) is 0. The van der Waals surface area contributed by atoms with Gasteiger partial charge in [-0.25, -0.2) is 0 Å². The van der Waals surface area contributed by atoms with Crippen molar-refractivity contribution in [1.29, 1.82) is 0 Å². The predicted octanol–water partition coefficient (Wildman–Crippen LogP) is 4.84. The van der Waals surface area contributed by atoms with Crippen molar-refractivity contribution in [3.05, 3.63) is 10.0 Å². The predicted molar refractivity (Wildman–Crippen MR) is 53.3 cm³/mol. The molecular weight excluding hydrogens is 202 g/mol. The molecule has 0 nitrogen and oxygen atoms in total. The summed E-state index contributed by atoms with van der Waals surface area (Å²) in [5, 5.41) is 0. The topological polar surface area (TPSA) is 0 Å². The van der Waals surface area contributed by atoms with Crippen LogP contribution in [0.4, 0.5) is 0 Å². The quantitative estimate of drug-likeness (QED) is 0.542. The van der Waals surface area contributed by atoms with E-state index in [1.807, 2.05) is 0 Å². The van der Waals surface area contributed by atoms with Gasteiger partial charge in [0.05, 0.1) is 0 Å². The maximum atomic E-state index is 4.96. The van der Waals surface area contributed by atoms with E-state index in [1.165, 1.54) is 38.5 Å². The van der Waals surface area contributed by atoms with Gasteiger partial charge in [0.25, 0.3) is 0 Å². The first-order valence-corrected chi connectivity index (χ1v) is 5.08. The summed E-state index contributed by atoms with van der Waals surface area (Å²) < 4.78 is 0.0895. The number of hydrogen-bond donors (Lipinski definition) is 0. The van der Waals surface area contributed by atoms with Crippen LogP contribution in [-0.2, 0) is 0 Å².